The van der Waals surface area contributed by atoms with E-state index in [0.29, 0.717) is 25.3 Å². The van der Waals surface area contributed by atoms with Crippen LogP contribution in [0.4, 0.5) is 0 Å². The number of amides is 1. The van der Waals surface area contributed by atoms with Crippen LogP contribution in [0.15, 0.2) is 24.3 Å². The summed E-state index contributed by atoms with van der Waals surface area (Å²) in [6.45, 7) is 4.33. The summed E-state index contributed by atoms with van der Waals surface area (Å²) in [4.78, 5) is 28.5. The Morgan fingerprint density at radius 1 is 1.06 bits per heavy atom. The summed E-state index contributed by atoms with van der Waals surface area (Å²) >= 11 is 0. The van der Waals surface area contributed by atoms with Crippen LogP contribution in [0.1, 0.15) is 63.6 Å². The van der Waals surface area contributed by atoms with Crippen LogP contribution in [0.25, 0.3) is 10.9 Å². The van der Waals surface area contributed by atoms with Gasteiger partial charge in [-0.3, -0.25) is 9.59 Å². The molecular formula is C27H36N2O3. The molecule has 1 aromatic heterocycles. The molecule has 1 aromatic carbocycles. The van der Waals surface area contributed by atoms with E-state index in [1.807, 2.05) is 32.0 Å². The Labute approximate surface area is 190 Å². The van der Waals surface area contributed by atoms with Gasteiger partial charge in [-0.05, 0) is 93.6 Å². The fraction of sp³-hybridized carbons (Fsp3) is 0.630. The number of H-pyrrole nitrogens is 1. The second-order valence-corrected chi connectivity index (χ2v) is 10.7. The zero-order chi connectivity index (χ0) is 22.2. The van der Waals surface area contributed by atoms with Gasteiger partial charge in [-0.15, -0.1) is 0 Å². The molecule has 172 valence electrons. The average Bonchev–Trinajstić information content (AvgIpc) is 3.06. The molecule has 5 heteroatoms. The van der Waals surface area contributed by atoms with Gasteiger partial charge in [0.2, 0.25) is 5.91 Å². The molecule has 0 atom stereocenters. The highest BCUT2D eigenvalue weighted by molar-refractivity contribution is 5.86. The lowest BCUT2D eigenvalue weighted by Crippen LogP contribution is -2.46. The minimum Gasteiger partial charge on any atom is -0.463 e. The normalized spacial score (nSPS) is 28.4. The van der Waals surface area contributed by atoms with Crippen molar-refractivity contribution in [3.8, 4) is 0 Å². The van der Waals surface area contributed by atoms with Gasteiger partial charge in [-0.1, -0.05) is 18.2 Å². The summed E-state index contributed by atoms with van der Waals surface area (Å²) in [5, 5.41) is 4.31. The second kappa shape index (κ2) is 8.92. The van der Waals surface area contributed by atoms with Crippen molar-refractivity contribution in [1.29, 1.82) is 0 Å². The van der Waals surface area contributed by atoms with Crippen molar-refractivity contribution in [3.63, 3.8) is 0 Å². The van der Waals surface area contributed by atoms with E-state index in [2.05, 4.69) is 16.4 Å². The van der Waals surface area contributed by atoms with Crippen molar-refractivity contribution >= 4 is 22.8 Å². The summed E-state index contributed by atoms with van der Waals surface area (Å²) < 4.78 is 5.35. The van der Waals surface area contributed by atoms with Gasteiger partial charge < -0.3 is 15.0 Å². The van der Waals surface area contributed by atoms with Crippen molar-refractivity contribution in [3.05, 3.63) is 35.5 Å². The van der Waals surface area contributed by atoms with Crippen molar-refractivity contribution in [2.24, 2.45) is 29.6 Å². The predicted octanol–water partition coefficient (Wildman–Crippen LogP) is 4.78. The zero-order valence-electron chi connectivity index (χ0n) is 19.4. The van der Waals surface area contributed by atoms with Crippen molar-refractivity contribution < 1.29 is 14.3 Å². The average molecular weight is 437 g/mol. The third-order valence-electron chi connectivity index (χ3n) is 8.13. The standard InChI is InChI=1S/C27H36N2O3/c1-16(2)32-27(31)15-25-22(21-5-3-4-6-24(21)29-25)7-8-28-26(30)14-23-19-10-17-9-18(12-19)13-20(23)11-17/h3-6,16-20,23,29H,7-15H2,1-2H3,(H,28,30). The molecule has 2 aromatic rings. The minimum atomic E-state index is -0.223. The molecule has 5 nitrogen and oxygen atoms in total. The topological polar surface area (TPSA) is 71.2 Å². The second-order valence-electron chi connectivity index (χ2n) is 10.7. The maximum absolute atomic E-state index is 12.8. The molecule has 0 aliphatic heterocycles. The molecule has 2 N–H and O–H groups in total. The number of aromatic amines is 1. The van der Waals surface area contributed by atoms with Gasteiger partial charge in [0.15, 0.2) is 0 Å². The summed E-state index contributed by atoms with van der Waals surface area (Å²) in [5.74, 6) is 4.02. The highest BCUT2D eigenvalue weighted by Gasteiger charge is 2.48. The molecule has 0 saturated heterocycles. The summed E-state index contributed by atoms with van der Waals surface area (Å²) in [5.41, 5.74) is 3.03. The van der Waals surface area contributed by atoms with Crippen LogP contribution in [0.3, 0.4) is 0 Å². The maximum atomic E-state index is 12.8. The molecule has 0 unspecified atom stereocenters. The van der Waals surface area contributed by atoms with E-state index in [-0.39, 0.29) is 24.4 Å². The van der Waals surface area contributed by atoms with Crippen molar-refractivity contribution in [2.45, 2.75) is 71.3 Å². The molecule has 0 spiro atoms. The van der Waals surface area contributed by atoms with Gasteiger partial charge >= 0.3 is 5.97 Å². The van der Waals surface area contributed by atoms with E-state index in [4.69, 9.17) is 4.74 Å². The molecule has 4 fully saturated rings. The number of fused-ring (bicyclic) bond motifs is 1. The van der Waals surface area contributed by atoms with Crippen LogP contribution in [-0.4, -0.2) is 29.5 Å². The van der Waals surface area contributed by atoms with Crippen LogP contribution in [0.2, 0.25) is 0 Å². The largest absolute Gasteiger partial charge is 0.463 e. The van der Waals surface area contributed by atoms with E-state index in [9.17, 15) is 9.59 Å². The van der Waals surface area contributed by atoms with Gasteiger partial charge in [-0.25, -0.2) is 0 Å². The van der Waals surface area contributed by atoms with E-state index < -0.39 is 0 Å². The van der Waals surface area contributed by atoms with Gasteiger partial charge in [0, 0.05) is 29.6 Å². The first-order chi connectivity index (χ1) is 15.5. The number of aromatic nitrogens is 1. The smallest absolute Gasteiger partial charge is 0.312 e. The van der Waals surface area contributed by atoms with E-state index in [0.717, 1.165) is 45.8 Å². The Balaban J connectivity index is 1.20. The summed E-state index contributed by atoms with van der Waals surface area (Å²) in [6.07, 6.45) is 8.38. The fourth-order valence-corrected chi connectivity index (χ4v) is 7.13. The first kappa shape index (κ1) is 21.5. The van der Waals surface area contributed by atoms with Crippen LogP contribution in [-0.2, 0) is 27.2 Å². The number of para-hydroxylation sites is 1. The van der Waals surface area contributed by atoms with Crippen molar-refractivity contribution in [1.82, 2.24) is 10.3 Å². The van der Waals surface area contributed by atoms with Gasteiger partial charge in [0.05, 0.1) is 12.5 Å². The first-order valence-corrected chi connectivity index (χ1v) is 12.5. The monoisotopic (exact) mass is 436 g/mol. The fourth-order valence-electron chi connectivity index (χ4n) is 7.13. The lowest BCUT2D eigenvalue weighted by Gasteiger charge is -2.54. The van der Waals surface area contributed by atoms with Gasteiger partial charge in [-0.2, -0.15) is 0 Å². The van der Waals surface area contributed by atoms with Crippen molar-refractivity contribution in [2.75, 3.05) is 6.54 Å². The number of carbonyl (C=O) groups is 2. The molecular weight excluding hydrogens is 400 g/mol. The van der Waals surface area contributed by atoms with Gasteiger partial charge in [0.1, 0.15) is 0 Å². The Morgan fingerprint density at radius 2 is 1.75 bits per heavy atom. The quantitative estimate of drug-likeness (QED) is 0.585. The number of rotatable bonds is 8. The highest BCUT2D eigenvalue weighted by atomic mass is 16.5. The molecule has 1 amide bonds. The number of carbonyl (C=O) groups excluding carboxylic acids is 2. The molecule has 4 saturated carbocycles. The molecule has 4 bridgehead atoms. The molecule has 4 aliphatic rings. The first-order valence-electron chi connectivity index (χ1n) is 12.5. The predicted molar refractivity (Wildman–Crippen MR) is 125 cm³/mol. The van der Waals surface area contributed by atoms with Crippen LogP contribution < -0.4 is 5.32 Å². The summed E-state index contributed by atoms with van der Waals surface area (Å²) in [6, 6.07) is 8.11. The third-order valence-corrected chi connectivity index (χ3v) is 8.13. The number of nitrogens with one attached hydrogen (secondary N) is 2. The Kier molecular flexibility index (Phi) is 6.00. The number of hydrogen-bond donors (Lipinski definition) is 2. The van der Waals surface area contributed by atoms with E-state index >= 15 is 0 Å². The lowest BCUT2D eigenvalue weighted by atomic mass is 9.51. The minimum absolute atomic E-state index is 0.125. The molecule has 0 radical (unpaired) electrons. The molecule has 32 heavy (non-hydrogen) atoms. The van der Waals surface area contributed by atoms with Crippen LogP contribution in [0.5, 0.6) is 0 Å². The maximum Gasteiger partial charge on any atom is 0.312 e. The number of ether oxygens (including phenoxy) is 1. The summed E-state index contributed by atoms with van der Waals surface area (Å²) in [7, 11) is 0. The molecule has 6 rings (SSSR count). The number of esters is 1. The van der Waals surface area contributed by atoms with E-state index in [1.54, 1.807) is 0 Å². The Morgan fingerprint density at radius 3 is 2.44 bits per heavy atom. The number of benzene rings is 1. The van der Waals surface area contributed by atoms with Crippen LogP contribution >= 0.6 is 0 Å². The molecule has 1 heterocycles. The zero-order valence-corrected chi connectivity index (χ0v) is 19.4. The Bertz CT molecular complexity index is 964. The SMILES string of the molecule is CC(C)OC(=O)Cc1[nH]c2ccccc2c1CCNC(=O)CC1C2CC3CC(C2)CC1C3. The van der Waals surface area contributed by atoms with Crippen LogP contribution in [0, 0.1) is 29.6 Å². The lowest BCUT2D eigenvalue weighted by molar-refractivity contribution is -0.146. The number of hydrogen-bond acceptors (Lipinski definition) is 3. The molecule has 4 aliphatic carbocycles. The van der Waals surface area contributed by atoms with Gasteiger partial charge in [0.25, 0.3) is 0 Å². The third kappa shape index (κ3) is 4.44. The highest BCUT2D eigenvalue weighted by Crippen LogP contribution is 2.57. The van der Waals surface area contributed by atoms with E-state index in [1.165, 1.54) is 32.1 Å². The Hall–Kier alpha value is -2.30.